The Hall–Kier alpha value is -1.71. The van der Waals surface area contributed by atoms with Crippen molar-refractivity contribution < 1.29 is 0 Å². The van der Waals surface area contributed by atoms with E-state index in [0.717, 1.165) is 13.1 Å². The van der Waals surface area contributed by atoms with E-state index < -0.39 is 0 Å². The molecular formula is C19H25N3. The summed E-state index contributed by atoms with van der Waals surface area (Å²) in [4.78, 5) is 6.80. The van der Waals surface area contributed by atoms with Crippen LogP contribution in [0.15, 0.2) is 54.9 Å². The summed E-state index contributed by atoms with van der Waals surface area (Å²) in [5.41, 5.74) is 2.61. The van der Waals surface area contributed by atoms with Crippen molar-refractivity contribution in [3.05, 3.63) is 66.0 Å². The molecule has 1 atom stereocenters. The van der Waals surface area contributed by atoms with Gasteiger partial charge < -0.3 is 10.2 Å². The molecule has 0 saturated carbocycles. The van der Waals surface area contributed by atoms with Gasteiger partial charge in [-0.2, -0.15) is 0 Å². The van der Waals surface area contributed by atoms with Gasteiger partial charge in [0, 0.05) is 31.5 Å². The van der Waals surface area contributed by atoms with Gasteiger partial charge in [-0.15, -0.1) is 0 Å². The SMILES string of the molecule is c1ccc(C(CN2CCCCC2)NCc2cccnc2)cc1. The van der Waals surface area contributed by atoms with Crippen LogP contribution in [0, 0.1) is 0 Å². The summed E-state index contributed by atoms with van der Waals surface area (Å²) in [6, 6.07) is 15.3. The highest BCUT2D eigenvalue weighted by Gasteiger charge is 2.17. The standard InChI is InChI=1S/C19H25N3/c1-3-9-18(10-4-1)19(16-22-12-5-2-6-13-22)21-15-17-8-7-11-20-14-17/h1,3-4,7-11,14,19,21H,2,5-6,12-13,15-16H2. The fourth-order valence-corrected chi connectivity index (χ4v) is 3.12. The molecular weight excluding hydrogens is 270 g/mol. The van der Waals surface area contributed by atoms with E-state index in [0.29, 0.717) is 6.04 Å². The summed E-state index contributed by atoms with van der Waals surface area (Å²) in [6.45, 7) is 4.42. The first-order valence-corrected chi connectivity index (χ1v) is 8.31. The van der Waals surface area contributed by atoms with E-state index in [2.05, 4.69) is 51.6 Å². The zero-order valence-corrected chi connectivity index (χ0v) is 13.1. The zero-order valence-electron chi connectivity index (χ0n) is 13.1. The molecule has 0 amide bonds. The second-order valence-corrected chi connectivity index (χ2v) is 6.07. The lowest BCUT2D eigenvalue weighted by Gasteiger charge is -2.31. The molecule has 0 bridgehead atoms. The Morgan fingerprint density at radius 2 is 1.82 bits per heavy atom. The van der Waals surface area contributed by atoms with Gasteiger partial charge in [0.1, 0.15) is 0 Å². The van der Waals surface area contributed by atoms with Gasteiger partial charge >= 0.3 is 0 Å². The molecule has 0 aliphatic carbocycles. The molecule has 2 heterocycles. The molecule has 22 heavy (non-hydrogen) atoms. The maximum absolute atomic E-state index is 4.20. The third-order valence-electron chi connectivity index (χ3n) is 4.37. The van der Waals surface area contributed by atoms with Crippen molar-refractivity contribution in [3.8, 4) is 0 Å². The largest absolute Gasteiger partial charge is 0.305 e. The number of pyridine rings is 1. The average molecular weight is 295 g/mol. The highest BCUT2D eigenvalue weighted by atomic mass is 15.2. The van der Waals surface area contributed by atoms with Crippen LogP contribution in [0.25, 0.3) is 0 Å². The highest BCUT2D eigenvalue weighted by Crippen LogP contribution is 2.18. The maximum Gasteiger partial charge on any atom is 0.0451 e. The molecule has 0 radical (unpaired) electrons. The predicted molar refractivity (Wildman–Crippen MR) is 90.6 cm³/mol. The normalized spacial score (nSPS) is 17.3. The molecule has 1 aromatic carbocycles. The van der Waals surface area contributed by atoms with Crippen LogP contribution in [-0.4, -0.2) is 29.5 Å². The number of hydrogen-bond acceptors (Lipinski definition) is 3. The Morgan fingerprint density at radius 1 is 1.00 bits per heavy atom. The van der Waals surface area contributed by atoms with E-state index in [1.807, 2.05) is 18.5 Å². The van der Waals surface area contributed by atoms with E-state index in [1.54, 1.807) is 0 Å². The Bertz CT molecular complexity index is 535. The third-order valence-corrected chi connectivity index (χ3v) is 4.37. The van der Waals surface area contributed by atoms with Crippen LogP contribution in [0.2, 0.25) is 0 Å². The van der Waals surface area contributed by atoms with Crippen LogP contribution in [0.4, 0.5) is 0 Å². The molecule has 3 nitrogen and oxygen atoms in total. The van der Waals surface area contributed by atoms with E-state index in [9.17, 15) is 0 Å². The summed E-state index contributed by atoms with van der Waals surface area (Å²) in [7, 11) is 0. The number of rotatable bonds is 6. The minimum Gasteiger partial charge on any atom is -0.305 e. The lowest BCUT2D eigenvalue weighted by molar-refractivity contribution is 0.204. The van der Waals surface area contributed by atoms with Crippen LogP contribution in [0.3, 0.4) is 0 Å². The Balaban J connectivity index is 1.65. The van der Waals surface area contributed by atoms with Crippen molar-refractivity contribution in [2.75, 3.05) is 19.6 Å². The molecule has 3 rings (SSSR count). The minimum atomic E-state index is 0.375. The smallest absolute Gasteiger partial charge is 0.0451 e. The van der Waals surface area contributed by atoms with Gasteiger partial charge in [0.2, 0.25) is 0 Å². The molecule has 1 N–H and O–H groups in total. The second-order valence-electron chi connectivity index (χ2n) is 6.07. The quantitative estimate of drug-likeness (QED) is 0.885. The number of piperidine rings is 1. The highest BCUT2D eigenvalue weighted by molar-refractivity contribution is 5.20. The van der Waals surface area contributed by atoms with Crippen molar-refractivity contribution >= 4 is 0 Å². The molecule has 1 aliphatic heterocycles. The van der Waals surface area contributed by atoms with E-state index in [4.69, 9.17) is 0 Å². The van der Waals surface area contributed by atoms with Crippen LogP contribution in [0.5, 0.6) is 0 Å². The predicted octanol–water partition coefficient (Wildman–Crippen LogP) is 3.40. The minimum absolute atomic E-state index is 0.375. The maximum atomic E-state index is 4.20. The van der Waals surface area contributed by atoms with E-state index >= 15 is 0 Å². The lowest BCUT2D eigenvalue weighted by Crippen LogP contribution is -2.38. The number of benzene rings is 1. The lowest BCUT2D eigenvalue weighted by atomic mass is 10.0. The number of likely N-dealkylation sites (tertiary alicyclic amines) is 1. The molecule has 1 fully saturated rings. The van der Waals surface area contributed by atoms with Gasteiger partial charge in [0.05, 0.1) is 0 Å². The molecule has 1 aromatic heterocycles. The molecule has 116 valence electrons. The average Bonchev–Trinajstić information content (AvgIpc) is 2.61. The van der Waals surface area contributed by atoms with Gasteiger partial charge in [0.25, 0.3) is 0 Å². The fraction of sp³-hybridized carbons (Fsp3) is 0.421. The molecule has 2 aromatic rings. The van der Waals surface area contributed by atoms with Crippen LogP contribution >= 0.6 is 0 Å². The number of nitrogens with zero attached hydrogens (tertiary/aromatic N) is 2. The monoisotopic (exact) mass is 295 g/mol. The number of hydrogen-bond donors (Lipinski definition) is 1. The van der Waals surface area contributed by atoms with Crippen LogP contribution in [-0.2, 0) is 6.54 Å². The number of nitrogens with one attached hydrogen (secondary N) is 1. The molecule has 1 aliphatic rings. The third kappa shape index (κ3) is 4.39. The zero-order chi connectivity index (χ0) is 15.0. The van der Waals surface area contributed by atoms with Crippen LogP contribution < -0.4 is 5.32 Å². The Labute approximate surface area is 133 Å². The van der Waals surface area contributed by atoms with Crippen molar-refractivity contribution in [2.45, 2.75) is 31.8 Å². The fourth-order valence-electron chi connectivity index (χ4n) is 3.12. The van der Waals surface area contributed by atoms with E-state index in [-0.39, 0.29) is 0 Å². The summed E-state index contributed by atoms with van der Waals surface area (Å²) in [5.74, 6) is 0. The van der Waals surface area contributed by atoms with Crippen LogP contribution in [0.1, 0.15) is 36.4 Å². The van der Waals surface area contributed by atoms with Gasteiger partial charge in [-0.1, -0.05) is 42.8 Å². The molecule has 0 spiro atoms. The van der Waals surface area contributed by atoms with Gasteiger partial charge in [-0.25, -0.2) is 0 Å². The summed E-state index contributed by atoms with van der Waals surface area (Å²) >= 11 is 0. The summed E-state index contributed by atoms with van der Waals surface area (Å²) < 4.78 is 0. The van der Waals surface area contributed by atoms with E-state index in [1.165, 1.54) is 43.5 Å². The topological polar surface area (TPSA) is 28.2 Å². The van der Waals surface area contributed by atoms with Gasteiger partial charge in [0.15, 0.2) is 0 Å². The number of aromatic nitrogens is 1. The van der Waals surface area contributed by atoms with Crippen molar-refractivity contribution in [1.82, 2.24) is 15.2 Å². The van der Waals surface area contributed by atoms with Gasteiger partial charge in [-0.05, 0) is 43.1 Å². The van der Waals surface area contributed by atoms with Crippen molar-refractivity contribution in [1.29, 1.82) is 0 Å². The summed E-state index contributed by atoms with van der Waals surface area (Å²) in [5, 5.41) is 3.72. The molecule has 1 unspecified atom stereocenters. The summed E-state index contributed by atoms with van der Waals surface area (Å²) in [6.07, 6.45) is 7.83. The molecule has 1 saturated heterocycles. The molecule has 3 heteroatoms. The van der Waals surface area contributed by atoms with Crippen molar-refractivity contribution in [2.24, 2.45) is 0 Å². The first-order chi connectivity index (χ1) is 10.9. The first-order valence-electron chi connectivity index (χ1n) is 8.31. The van der Waals surface area contributed by atoms with Crippen molar-refractivity contribution in [3.63, 3.8) is 0 Å². The second kappa shape index (κ2) is 8.06. The van der Waals surface area contributed by atoms with Gasteiger partial charge in [-0.3, -0.25) is 4.98 Å². The Kier molecular flexibility index (Phi) is 5.57. The Morgan fingerprint density at radius 3 is 2.55 bits per heavy atom. The first kappa shape index (κ1) is 15.2.